The Kier molecular flexibility index (Phi) is 6.70. The van der Waals surface area contributed by atoms with Crippen molar-refractivity contribution in [1.82, 2.24) is 4.31 Å². The monoisotopic (exact) mass is 389 g/mol. The van der Waals surface area contributed by atoms with E-state index in [1.807, 2.05) is 12.1 Å². The van der Waals surface area contributed by atoms with Gasteiger partial charge in [-0.05, 0) is 29.7 Å². The Morgan fingerprint density at radius 1 is 1.07 bits per heavy atom. The number of carbonyl (C=O) groups excluding carboxylic acids is 1. The molecular weight excluding hydrogens is 366 g/mol. The van der Waals surface area contributed by atoms with Gasteiger partial charge in [-0.1, -0.05) is 36.4 Å². The zero-order valence-corrected chi connectivity index (χ0v) is 16.1. The molecule has 0 fully saturated rings. The summed E-state index contributed by atoms with van der Waals surface area (Å²) in [5.74, 6) is -0.362. The van der Waals surface area contributed by atoms with E-state index in [1.165, 1.54) is 18.5 Å². The van der Waals surface area contributed by atoms with Gasteiger partial charge in [-0.15, -0.1) is 0 Å². The van der Waals surface area contributed by atoms with Crippen molar-refractivity contribution in [2.75, 3.05) is 20.7 Å². The number of carbonyl (C=O) groups is 1. The summed E-state index contributed by atoms with van der Waals surface area (Å²) in [6.07, 6.45) is 0.564. The molecule has 27 heavy (non-hydrogen) atoms. The van der Waals surface area contributed by atoms with E-state index in [9.17, 15) is 13.2 Å². The molecule has 0 unspecified atom stereocenters. The van der Waals surface area contributed by atoms with Crippen LogP contribution in [0.4, 0.5) is 0 Å². The van der Waals surface area contributed by atoms with Gasteiger partial charge in [0.25, 0.3) is 0 Å². The van der Waals surface area contributed by atoms with Crippen molar-refractivity contribution in [3.8, 4) is 11.1 Å². The Hall–Kier alpha value is -2.71. The molecule has 0 aromatic heterocycles. The summed E-state index contributed by atoms with van der Waals surface area (Å²) in [6, 6.07) is 13.7. The van der Waals surface area contributed by atoms with Crippen LogP contribution in [0.5, 0.6) is 0 Å². The predicted octanol–water partition coefficient (Wildman–Crippen LogP) is 2.21. The molecule has 0 aliphatic heterocycles. The fraction of sp³-hybridized carbons (Fsp3) is 0.263. The molecule has 0 heterocycles. The molecule has 0 radical (unpaired) electrons. The molecule has 0 saturated heterocycles. The molecule has 2 rings (SSSR count). The molecular formula is C19H23N3O4S. The smallest absolute Gasteiger partial charge is 0.305 e. The zero-order valence-electron chi connectivity index (χ0n) is 15.3. The first-order chi connectivity index (χ1) is 12.8. The van der Waals surface area contributed by atoms with Gasteiger partial charge in [0.2, 0.25) is 10.0 Å². The van der Waals surface area contributed by atoms with Crippen LogP contribution in [-0.2, 0) is 19.6 Å². The molecule has 0 spiro atoms. The van der Waals surface area contributed by atoms with Gasteiger partial charge in [0.15, 0.2) is 0 Å². The average molecular weight is 389 g/mol. The number of hydrogen-bond donors (Lipinski definition) is 2. The molecule has 3 N–H and O–H groups in total. The fourth-order valence-electron chi connectivity index (χ4n) is 2.51. The van der Waals surface area contributed by atoms with Crippen LogP contribution < -0.4 is 5.73 Å². The summed E-state index contributed by atoms with van der Waals surface area (Å²) < 4.78 is 31.0. The van der Waals surface area contributed by atoms with Gasteiger partial charge in [0, 0.05) is 25.6 Å². The maximum absolute atomic E-state index is 12.6. The van der Waals surface area contributed by atoms with Gasteiger partial charge >= 0.3 is 5.97 Å². The lowest BCUT2D eigenvalue weighted by Gasteiger charge is -2.17. The summed E-state index contributed by atoms with van der Waals surface area (Å²) in [7, 11) is -0.833. The van der Waals surface area contributed by atoms with Crippen molar-refractivity contribution in [1.29, 1.82) is 5.41 Å². The van der Waals surface area contributed by atoms with Crippen molar-refractivity contribution in [2.45, 2.75) is 17.7 Å². The summed E-state index contributed by atoms with van der Waals surface area (Å²) in [4.78, 5) is 11.3. The quantitative estimate of drug-likeness (QED) is 0.408. The Morgan fingerprint density at radius 2 is 1.59 bits per heavy atom. The highest BCUT2D eigenvalue weighted by atomic mass is 32.2. The van der Waals surface area contributed by atoms with Crippen molar-refractivity contribution in [3.05, 3.63) is 54.1 Å². The van der Waals surface area contributed by atoms with Crippen molar-refractivity contribution < 1.29 is 17.9 Å². The number of nitrogens with two attached hydrogens (primary N) is 1. The van der Waals surface area contributed by atoms with E-state index in [0.717, 1.165) is 11.1 Å². The highest BCUT2D eigenvalue weighted by molar-refractivity contribution is 7.89. The lowest BCUT2D eigenvalue weighted by Crippen LogP contribution is -2.28. The van der Waals surface area contributed by atoms with Crippen molar-refractivity contribution in [2.24, 2.45) is 5.73 Å². The largest absolute Gasteiger partial charge is 0.469 e. The molecule has 0 amide bonds. The number of hydrogen-bond acceptors (Lipinski definition) is 5. The second-order valence-corrected chi connectivity index (χ2v) is 8.07. The van der Waals surface area contributed by atoms with E-state index >= 15 is 0 Å². The maximum atomic E-state index is 12.6. The highest BCUT2D eigenvalue weighted by Crippen LogP contribution is 2.23. The number of nitrogen functional groups attached to an aromatic ring is 1. The number of nitrogens with zero attached hydrogens (tertiary/aromatic N) is 1. The van der Waals surface area contributed by atoms with E-state index in [2.05, 4.69) is 4.74 Å². The van der Waals surface area contributed by atoms with Crippen LogP contribution in [0.25, 0.3) is 11.1 Å². The Morgan fingerprint density at radius 3 is 2.07 bits per heavy atom. The highest BCUT2D eigenvalue weighted by Gasteiger charge is 2.20. The minimum atomic E-state index is -3.62. The third kappa shape index (κ3) is 5.15. The Bertz CT molecular complexity index is 907. The number of amidine groups is 1. The molecule has 0 saturated carbocycles. The summed E-state index contributed by atoms with van der Waals surface area (Å²) in [5.41, 5.74) is 7.83. The normalized spacial score (nSPS) is 11.4. The van der Waals surface area contributed by atoms with Crippen LogP contribution in [0.2, 0.25) is 0 Å². The van der Waals surface area contributed by atoms with Crippen LogP contribution in [0.3, 0.4) is 0 Å². The molecule has 7 nitrogen and oxygen atoms in total. The van der Waals surface area contributed by atoms with Gasteiger partial charge in [0.1, 0.15) is 5.84 Å². The molecule has 2 aromatic carbocycles. The van der Waals surface area contributed by atoms with Gasteiger partial charge in [-0.3, -0.25) is 10.2 Å². The van der Waals surface area contributed by atoms with Crippen LogP contribution in [0.1, 0.15) is 18.4 Å². The molecule has 144 valence electrons. The number of nitrogens with one attached hydrogen (secondary N) is 1. The first-order valence-electron chi connectivity index (χ1n) is 8.33. The lowest BCUT2D eigenvalue weighted by molar-refractivity contribution is -0.140. The molecule has 0 atom stereocenters. The number of methoxy groups -OCH3 is 1. The van der Waals surface area contributed by atoms with Gasteiger partial charge in [-0.25, -0.2) is 12.7 Å². The number of esters is 1. The molecule has 0 aliphatic rings. The topological polar surface area (TPSA) is 114 Å². The van der Waals surface area contributed by atoms with Gasteiger partial charge in [-0.2, -0.15) is 0 Å². The van der Waals surface area contributed by atoms with Crippen molar-refractivity contribution in [3.63, 3.8) is 0 Å². The standard InChI is InChI=1S/C19H23N3O4S/c1-22(13-3-4-18(23)26-2)27(24,25)17-11-9-15(10-12-17)14-5-7-16(8-6-14)19(20)21/h5-12H,3-4,13H2,1-2H3,(H3,20,21). The summed E-state index contributed by atoms with van der Waals surface area (Å²) >= 11 is 0. The van der Waals surface area contributed by atoms with Crippen molar-refractivity contribution >= 4 is 21.8 Å². The van der Waals surface area contributed by atoms with Crippen LogP contribution in [0.15, 0.2) is 53.4 Å². The van der Waals surface area contributed by atoms with E-state index in [4.69, 9.17) is 11.1 Å². The van der Waals surface area contributed by atoms with E-state index in [-0.39, 0.29) is 29.7 Å². The van der Waals surface area contributed by atoms with E-state index in [1.54, 1.807) is 36.4 Å². The molecule has 0 aliphatic carbocycles. The summed E-state index contributed by atoms with van der Waals surface area (Å²) in [5, 5.41) is 7.41. The third-order valence-corrected chi connectivity index (χ3v) is 6.04. The maximum Gasteiger partial charge on any atom is 0.305 e. The van der Waals surface area contributed by atoms with Gasteiger partial charge in [0.05, 0.1) is 12.0 Å². The number of rotatable bonds is 8. The second kappa shape index (κ2) is 8.79. The predicted molar refractivity (Wildman–Crippen MR) is 104 cm³/mol. The second-order valence-electron chi connectivity index (χ2n) is 6.02. The molecule has 2 aromatic rings. The number of benzene rings is 2. The lowest BCUT2D eigenvalue weighted by atomic mass is 10.0. The third-order valence-electron chi connectivity index (χ3n) is 4.17. The van der Waals surface area contributed by atoms with Crippen LogP contribution in [0, 0.1) is 5.41 Å². The Balaban J connectivity index is 2.10. The number of sulfonamides is 1. The molecule has 0 bridgehead atoms. The average Bonchev–Trinajstić information content (AvgIpc) is 2.67. The SMILES string of the molecule is COC(=O)CCCN(C)S(=O)(=O)c1ccc(-c2ccc(C(=N)N)cc2)cc1. The first kappa shape index (κ1) is 20.6. The fourth-order valence-corrected chi connectivity index (χ4v) is 3.72. The zero-order chi connectivity index (χ0) is 20.0. The summed E-state index contributed by atoms with van der Waals surface area (Å²) in [6.45, 7) is 0.228. The van der Waals surface area contributed by atoms with Crippen LogP contribution >= 0.6 is 0 Å². The van der Waals surface area contributed by atoms with E-state index in [0.29, 0.717) is 12.0 Å². The van der Waals surface area contributed by atoms with E-state index < -0.39 is 10.0 Å². The van der Waals surface area contributed by atoms with Gasteiger partial charge < -0.3 is 10.5 Å². The minimum Gasteiger partial charge on any atom is -0.469 e. The number of ether oxygens (including phenoxy) is 1. The Labute approximate surface area is 159 Å². The molecule has 8 heteroatoms. The van der Waals surface area contributed by atoms with Crippen LogP contribution in [-0.4, -0.2) is 45.2 Å². The first-order valence-corrected chi connectivity index (χ1v) is 9.77. The minimum absolute atomic E-state index is 0.00164.